The van der Waals surface area contributed by atoms with Crippen molar-refractivity contribution in [3.8, 4) is 0 Å². The molecule has 0 spiro atoms. The number of hydrogen-bond donors (Lipinski definition) is 3. The van der Waals surface area contributed by atoms with Gasteiger partial charge < -0.3 is 5.32 Å². The van der Waals surface area contributed by atoms with Gasteiger partial charge in [-0.3, -0.25) is 14.9 Å². The summed E-state index contributed by atoms with van der Waals surface area (Å²) in [6.07, 6.45) is 0.770. The molecule has 2 rings (SSSR count). The number of primary sulfonamides is 1. The summed E-state index contributed by atoms with van der Waals surface area (Å²) in [5.74, 6) is -0.579. The summed E-state index contributed by atoms with van der Waals surface area (Å²) >= 11 is 0. The summed E-state index contributed by atoms with van der Waals surface area (Å²) in [6, 6.07) is 5.74. The van der Waals surface area contributed by atoms with Gasteiger partial charge in [0.05, 0.1) is 17.4 Å². The molecule has 1 fully saturated rings. The van der Waals surface area contributed by atoms with Gasteiger partial charge in [-0.1, -0.05) is 12.1 Å². The van der Waals surface area contributed by atoms with Crippen LogP contribution in [0.3, 0.4) is 0 Å². The number of imide groups is 1. The molecule has 2 amide bonds. The van der Waals surface area contributed by atoms with Gasteiger partial charge in [0, 0.05) is 0 Å². The molecule has 7 nitrogen and oxygen atoms in total. The second kappa shape index (κ2) is 5.70. The highest BCUT2D eigenvalue weighted by Crippen LogP contribution is 2.09. The highest BCUT2D eigenvalue weighted by atomic mass is 32.2. The van der Waals surface area contributed by atoms with Gasteiger partial charge in [-0.25, -0.2) is 13.6 Å². The van der Waals surface area contributed by atoms with E-state index in [1.807, 2.05) is 0 Å². The molecule has 1 aromatic carbocycles. The Morgan fingerprint density at radius 3 is 2.40 bits per heavy atom. The number of nitrogens with one attached hydrogen (secondary N) is 2. The molecule has 1 heterocycles. The van der Waals surface area contributed by atoms with Gasteiger partial charge >= 0.3 is 0 Å². The van der Waals surface area contributed by atoms with Crippen LogP contribution in [0.5, 0.6) is 0 Å². The monoisotopic (exact) mass is 297 g/mol. The lowest BCUT2D eigenvalue weighted by molar-refractivity contribution is -0.125. The first-order valence-electron chi connectivity index (χ1n) is 6.05. The third kappa shape index (κ3) is 3.62. The molecule has 0 aromatic heterocycles. The second-order valence-electron chi connectivity index (χ2n) is 4.56. The van der Waals surface area contributed by atoms with Crippen molar-refractivity contribution >= 4 is 21.8 Å². The van der Waals surface area contributed by atoms with E-state index >= 15 is 0 Å². The molecule has 1 saturated heterocycles. The van der Waals surface area contributed by atoms with Crippen molar-refractivity contribution in [3.63, 3.8) is 0 Å². The molecular formula is C12H15N3O4S. The molecule has 1 aromatic rings. The van der Waals surface area contributed by atoms with Crippen LogP contribution in [-0.2, 0) is 26.0 Å². The minimum atomic E-state index is -3.67. The maximum atomic E-state index is 11.3. The Labute approximate surface area is 116 Å². The van der Waals surface area contributed by atoms with Crippen LogP contribution in [0.2, 0.25) is 0 Å². The van der Waals surface area contributed by atoms with Crippen LogP contribution in [0, 0.1) is 0 Å². The van der Waals surface area contributed by atoms with Crippen molar-refractivity contribution in [2.24, 2.45) is 5.14 Å². The molecule has 1 aliphatic heterocycles. The highest BCUT2D eigenvalue weighted by Gasteiger charge is 2.29. The average Bonchev–Trinajstić information content (AvgIpc) is 2.67. The quantitative estimate of drug-likeness (QED) is 0.595. The van der Waals surface area contributed by atoms with Gasteiger partial charge in [0.25, 0.3) is 0 Å². The molecule has 8 heteroatoms. The second-order valence-corrected chi connectivity index (χ2v) is 6.12. The number of carbonyl (C=O) groups excluding carboxylic acids is 2. The summed E-state index contributed by atoms with van der Waals surface area (Å²) in [5.41, 5.74) is 0.912. The minimum Gasteiger partial charge on any atom is -0.305 e. The number of rotatable bonds is 5. The topological polar surface area (TPSA) is 118 Å². The van der Waals surface area contributed by atoms with Crippen molar-refractivity contribution in [2.75, 3.05) is 6.54 Å². The van der Waals surface area contributed by atoms with Crippen LogP contribution in [0.15, 0.2) is 29.2 Å². The Hall–Kier alpha value is -1.77. The lowest BCUT2D eigenvalue weighted by atomic mass is 10.1. The van der Waals surface area contributed by atoms with Gasteiger partial charge in [0.15, 0.2) is 0 Å². The molecular weight excluding hydrogens is 282 g/mol. The highest BCUT2D eigenvalue weighted by molar-refractivity contribution is 7.89. The number of sulfonamides is 1. The van der Waals surface area contributed by atoms with Gasteiger partial charge in [0.2, 0.25) is 21.8 Å². The molecule has 0 radical (unpaired) electrons. The van der Waals surface area contributed by atoms with Crippen molar-refractivity contribution in [3.05, 3.63) is 29.8 Å². The molecule has 1 aliphatic rings. The first kappa shape index (κ1) is 14.6. The first-order chi connectivity index (χ1) is 9.36. The molecule has 1 atom stereocenters. The molecule has 1 unspecified atom stereocenters. The Bertz CT molecular complexity index is 625. The van der Waals surface area contributed by atoms with E-state index in [-0.39, 0.29) is 23.1 Å². The fourth-order valence-electron chi connectivity index (χ4n) is 1.96. The van der Waals surface area contributed by atoms with E-state index in [4.69, 9.17) is 5.14 Å². The Morgan fingerprint density at radius 1 is 1.25 bits per heavy atom. The number of hydrogen-bond acceptors (Lipinski definition) is 5. The van der Waals surface area contributed by atoms with Gasteiger partial charge in [0.1, 0.15) is 0 Å². The van der Waals surface area contributed by atoms with E-state index < -0.39 is 16.1 Å². The van der Waals surface area contributed by atoms with Gasteiger partial charge in [-0.05, 0) is 30.7 Å². The maximum absolute atomic E-state index is 11.3. The van der Waals surface area contributed by atoms with E-state index in [1.54, 1.807) is 12.1 Å². The van der Waals surface area contributed by atoms with Crippen LogP contribution >= 0.6 is 0 Å². The molecule has 20 heavy (non-hydrogen) atoms. The lowest BCUT2D eigenvalue weighted by Gasteiger charge is -2.09. The third-order valence-electron chi connectivity index (χ3n) is 3.02. The van der Waals surface area contributed by atoms with Crippen LogP contribution in [0.25, 0.3) is 0 Å². The summed E-state index contributed by atoms with van der Waals surface area (Å²) in [7, 11) is -3.67. The van der Waals surface area contributed by atoms with Crippen molar-refractivity contribution in [1.29, 1.82) is 0 Å². The van der Waals surface area contributed by atoms with Crippen molar-refractivity contribution in [2.45, 2.75) is 23.8 Å². The Balaban J connectivity index is 1.86. The zero-order valence-corrected chi connectivity index (χ0v) is 11.4. The van der Waals surface area contributed by atoms with Crippen LogP contribution in [-0.4, -0.2) is 32.8 Å². The SMILES string of the molecule is NS(=O)(=O)c1ccc(CCNC2CC(=O)NC2=O)cc1. The third-order valence-corrected chi connectivity index (χ3v) is 3.95. The van der Waals surface area contributed by atoms with E-state index in [1.165, 1.54) is 12.1 Å². The summed E-state index contributed by atoms with van der Waals surface area (Å²) in [5, 5.41) is 10.2. The number of benzene rings is 1. The zero-order valence-electron chi connectivity index (χ0n) is 10.6. The van der Waals surface area contributed by atoms with Crippen molar-refractivity contribution in [1.82, 2.24) is 10.6 Å². The first-order valence-corrected chi connectivity index (χ1v) is 7.60. The van der Waals surface area contributed by atoms with Crippen LogP contribution in [0.4, 0.5) is 0 Å². The van der Waals surface area contributed by atoms with E-state index in [0.717, 1.165) is 5.56 Å². The van der Waals surface area contributed by atoms with E-state index in [0.29, 0.717) is 13.0 Å². The molecule has 0 bridgehead atoms. The van der Waals surface area contributed by atoms with E-state index in [9.17, 15) is 18.0 Å². The average molecular weight is 297 g/mol. The fraction of sp³-hybridized carbons (Fsp3) is 0.333. The number of carbonyl (C=O) groups is 2. The zero-order chi connectivity index (χ0) is 14.8. The lowest BCUT2D eigenvalue weighted by Crippen LogP contribution is -2.37. The maximum Gasteiger partial charge on any atom is 0.244 e. The predicted molar refractivity (Wildman–Crippen MR) is 71.1 cm³/mol. The minimum absolute atomic E-state index is 0.0648. The van der Waals surface area contributed by atoms with Crippen LogP contribution < -0.4 is 15.8 Å². The summed E-state index contributed by atoms with van der Waals surface area (Å²) < 4.78 is 22.2. The normalized spacial score (nSPS) is 19.1. The van der Waals surface area contributed by atoms with Crippen molar-refractivity contribution < 1.29 is 18.0 Å². The largest absolute Gasteiger partial charge is 0.305 e. The Morgan fingerprint density at radius 2 is 1.90 bits per heavy atom. The predicted octanol–water partition coefficient (Wildman–Crippen LogP) is -1.12. The van der Waals surface area contributed by atoms with Gasteiger partial charge in [-0.2, -0.15) is 0 Å². The number of nitrogens with two attached hydrogens (primary N) is 1. The molecule has 0 aliphatic carbocycles. The van der Waals surface area contributed by atoms with Crippen LogP contribution in [0.1, 0.15) is 12.0 Å². The summed E-state index contributed by atoms with van der Waals surface area (Å²) in [6.45, 7) is 0.514. The summed E-state index contributed by atoms with van der Waals surface area (Å²) in [4.78, 5) is 22.4. The molecule has 4 N–H and O–H groups in total. The van der Waals surface area contributed by atoms with Gasteiger partial charge in [-0.15, -0.1) is 0 Å². The number of amides is 2. The molecule has 108 valence electrons. The fourth-order valence-corrected chi connectivity index (χ4v) is 2.47. The van der Waals surface area contributed by atoms with E-state index in [2.05, 4.69) is 10.6 Å². The standard InChI is InChI=1S/C12H15N3O4S/c13-20(18,19)9-3-1-8(2-4-9)5-6-14-10-7-11(16)15-12(10)17/h1-4,10,14H,5-7H2,(H2,13,18,19)(H,15,16,17). The Kier molecular flexibility index (Phi) is 4.17. The smallest absolute Gasteiger partial charge is 0.244 e. The molecule has 0 saturated carbocycles.